The molecule has 1 fully saturated rings. The van der Waals surface area contributed by atoms with Crippen molar-refractivity contribution in [3.8, 4) is 0 Å². The maximum Gasteiger partial charge on any atom is 0.0790 e. The molecule has 21 heavy (non-hydrogen) atoms. The van der Waals surface area contributed by atoms with E-state index in [2.05, 4.69) is 19.1 Å². The van der Waals surface area contributed by atoms with Gasteiger partial charge in [0, 0.05) is 0 Å². The van der Waals surface area contributed by atoms with Gasteiger partial charge in [0.2, 0.25) is 0 Å². The molecule has 1 aliphatic carbocycles. The van der Waals surface area contributed by atoms with E-state index in [1.807, 2.05) is 12.1 Å². The zero-order chi connectivity index (χ0) is 15.1. The third kappa shape index (κ3) is 5.12. The minimum absolute atomic E-state index is 0.351. The summed E-state index contributed by atoms with van der Waals surface area (Å²) in [7, 11) is 0. The summed E-state index contributed by atoms with van der Waals surface area (Å²) in [5, 5.41) is 20.8. The smallest absolute Gasteiger partial charge is 0.0790 e. The van der Waals surface area contributed by atoms with Gasteiger partial charge in [0.05, 0.1) is 11.7 Å². The van der Waals surface area contributed by atoms with Crippen LogP contribution in [0.2, 0.25) is 0 Å². The Labute approximate surface area is 129 Å². The second-order valence-corrected chi connectivity index (χ2v) is 6.69. The molecule has 0 heterocycles. The first-order valence-electron chi connectivity index (χ1n) is 8.62. The van der Waals surface area contributed by atoms with Crippen molar-refractivity contribution in [1.82, 2.24) is 0 Å². The van der Waals surface area contributed by atoms with Gasteiger partial charge in [0.1, 0.15) is 0 Å². The van der Waals surface area contributed by atoms with E-state index < -0.39 is 5.60 Å². The number of rotatable bonds is 6. The molecule has 2 heteroatoms. The highest BCUT2D eigenvalue weighted by Gasteiger charge is 2.27. The first-order valence-corrected chi connectivity index (χ1v) is 8.62. The first-order chi connectivity index (χ1) is 10.1. The summed E-state index contributed by atoms with van der Waals surface area (Å²) < 4.78 is 0. The molecule has 2 rings (SSSR count). The van der Waals surface area contributed by atoms with Crippen molar-refractivity contribution in [3.05, 3.63) is 35.4 Å². The van der Waals surface area contributed by atoms with Crippen LogP contribution in [0.1, 0.15) is 81.9 Å². The number of hydrogen-bond donors (Lipinski definition) is 2. The minimum atomic E-state index is -0.464. The Hall–Kier alpha value is -0.860. The van der Waals surface area contributed by atoms with E-state index >= 15 is 0 Å². The van der Waals surface area contributed by atoms with Crippen molar-refractivity contribution in [3.63, 3.8) is 0 Å². The van der Waals surface area contributed by atoms with Gasteiger partial charge in [-0.25, -0.2) is 0 Å². The molecule has 2 N–H and O–H groups in total. The summed E-state index contributed by atoms with van der Waals surface area (Å²) in [4.78, 5) is 0. The minimum Gasteiger partial charge on any atom is -0.390 e. The largest absolute Gasteiger partial charge is 0.390 e. The van der Waals surface area contributed by atoms with Gasteiger partial charge >= 0.3 is 0 Å². The van der Waals surface area contributed by atoms with Crippen LogP contribution in [-0.2, 0) is 6.42 Å². The summed E-state index contributed by atoms with van der Waals surface area (Å²) >= 11 is 0. The average molecular weight is 290 g/mol. The number of aryl methyl sites for hydroxylation is 1. The Balaban J connectivity index is 1.94. The fourth-order valence-electron chi connectivity index (χ4n) is 3.41. The van der Waals surface area contributed by atoms with Gasteiger partial charge < -0.3 is 10.2 Å². The van der Waals surface area contributed by atoms with Gasteiger partial charge in [-0.15, -0.1) is 0 Å². The predicted octanol–water partition coefficient (Wildman–Crippen LogP) is 4.54. The maximum absolute atomic E-state index is 10.7. The van der Waals surface area contributed by atoms with Gasteiger partial charge in [-0.2, -0.15) is 0 Å². The molecule has 118 valence electrons. The maximum atomic E-state index is 10.7. The van der Waals surface area contributed by atoms with Crippen LogP contribution in [0.5, 0.6) is 0 Å². The van der Waals surface area contributed by atoms with E-state index in [-0.39, 0.29) is 6.10 Å². The van der Waals surface area contributed by atoms with Crippen molar-refractivity contribution in [1.29, 1.82) is 0 Å². The third-order valence-electron chi connectivity index (χ3n) is 4.81. The molecule has 2 nitrogen and oxygen atoms in total. The summed E-state index contributed by atoms with van der Waals surface area (Å²) in [6, 6.07) is 8.26. The molecule has 0 aromatic heterocycles. The quantitative estimate of drug-likeness (QED) is 0.755. The molecule has 1 aromatic rings. The zero-order valence-corrected chi connectivity index (χ0v) is 13.4. The van der Waals surface area contributed by atoms with Gasteiger partial charge in [-0.05, 0) is 43.2 Å². The van der Waals surface area contributed by atoms with Crippen molar-refractivity contribution < 1.29 is 10.2 Å². The van der Waals surface area contributed by atoms with E-state index in [1.165, 1.54) is 18.4 Å². The normalized spacial score (nSPS) is 20.0. The summed E-state index contributed by atoms with van der Waals surface area (Å²) in [6.07, 6.45) is 9.95. The second kappa shape index (κ2) is 7.95. The molecule has 0 radical (unpaired) electrons. The molecule has 1 aromatic carbocycles. The van der Waals surface area contributed by atoms with Crippen molar-refractivity contribution in [2.24, 2.45) is 0 Å². The lowest BCUT2D eigenvalue weighted by Crippen LogP contribution is -2.28. The molecular weight excluding hydrogens is 260 g/mol. The standard InChI is InChI=1S/C19H30O2/c1-2-8-18(20)17-10-7-9-16(15-17)11-14-19(21)12-5-3-4-6-13-19/h7,9-10,15,18,20-21H,2-6,8,11-14H2,1H3. The summed E-state index contributed by atoms with van der Waals surface area (Å²) in [6.45, 7) is 2.09. The van der Waals surface area contributed by atoms with Crippen LogP contribution < -0.4 is 0 Å². The molecule has 1 saturated carbocycles. The zero-order valence-electron chi connectivity index (χ0n) is 13.4. The van der Waals surface area contributed by atoms with Crippen molar-refractivity contribution in [2.45, 2.75) is 82.8 Å². The Morgan fingerprint density at radius 1 is 1.14 bits per heavy atom. The second-order valence-electron chi connectivity index (χ2n) is 6.69. The Kier molecular flexibility index (Phi) is 6.25. The van der Waals surface area contributed by atoms with E-state index in [1.54, 1.807) is 0 Å². The summed E-state index contributed by atoms with van der Waals surface area (Å²) in [5.41, 5.74) is 1.79. The molecule has 0 aliphatic heterocycles. The Bertz CT molecular complexity index is 419. The number of aliphatic hydroxyl groups excluding tert-OH is 1. The molecule has 1 unspecified atom stereocenters. The van der Waals surface area contributed by atoms with E-state index in [9.17, 15) is 10.2 Å². The molecule has 1 atom stereocenters. The topological polar surface area (TPSA) is 40.5 Å². The van der Waals surface area contributed by atoms with E-state index in [0.717, 1.165) is 56.9 Å². The van der Waals surface area contributed by atoms with Gasteiger partial charge in [0.15, 0.2) is 0 Å². The van der Waals surface area contributed by atoms with E-state index in [0.29, 0.717) is 0 Å². The Morgan fingerprint density at radius 3 is 2.52 bits per heavy atom. The molecule has 1 aliphatic rings. The monoisotopic (exact) mass is 290 g/mol. The third-order valence-corrected chi connectivity index (χ3v) is 4.81. The fraction of sp³-hybridized carbons (Fsp3) is 0.684. The molecule has 0 bridgehead atoms. The van der Waals surface area contributed by atoms with Gasteiger partial charge in [-0.3, -0.25) is 0 Å². The highest BCUT2D eigenvalue weighted by molar-refractivity contribution is 5.25. The molecule has 0 amide bonds. The highest BCUT2D eigenvalue weighted by atomic mass is 16.3. The highest BCUT2D eigenvalue weighted by Crippen LogP contribution is 2.31. The fourth-order valence-corrected chi connectivity index (χ4v) is 3.41. The molecule has 0 spiro atoms. The average Bonchev–Trinajstić information content (AvgIpc) is 2.71. The number of benzene rings is 1. The Morgan fingerprint density at radius 2 is 1.86 bits per heavy atom. The lowest BCUT2D eigenvalue weighted by Gasteiger charge is -2.26. The van der Waals surface area contributed by atoms with Crippen LogP contribution in [0.4, 0.5) is 0 Å². The van der Waals surface area contributed by atoms with Crippen LogP contribution >= 0.6 is 0 Å². The van der Waals surface area contributed by atoms with Gasteiger partial charge in [-0.1, -0.05) is 63.3 Å². The van der Waals surface area contributed by atoms with Crippen LogP contribution in [-0.4, -0.2) is 15.8 Å². The van der Waals surface area contributed by atoms with Crippen molar-refractivity contribution >= 4 is 0 Å². The van der Waals surface area contributed by atoms with E-state index in [4.69, 9.17) is 0 Å². The van der Waals surface area contributed by atoms with Crippen LogP contribution in [0.25, 0.3) is 0 Å². The van der Waals surface area contributed by atoms with Crippen molar-refractivity contribution in [2.75, 3.05) is 0 Å². The first kappa shape index (κ1) is 16.5. The SMILES string of the molecule is CCCC(O)c1cccc(CCC2(O)CCCCCC2)c1. The molecular formula is C19H30O2. The van der Waals surface area contributed by atoms with Crippen LogP contribution in [0.3, 0.4) is 0 Å². The number of hydrogen-bond acceptors (Lipinski definition) is 2. The predicted molar refractivity (Wildman–Crippen MR) is 87.3 cm³/mol. The lowest BCUT2D eigenvalue weighted by atomic mass is 9.87. The van der Waals surface area contributed by atoms with Crippen LogP contribution in [0, 0.1) is 0 Å². The van der Waals surface area contributed by atoms with Gasteiger partial charge in [0.25, 0.3) is 0 Å². The molecule has 0 saturated heterocycles. The lowest BCUT2D eigenvalue weighted by molar-refractivity contribution is 0.0167. The number of aliphatic hydroxyl groups is 2. The van der Waals surface area contributed by atoms with Crippen LogP contribution in [0.15, 0.2) is 24.3 Å². The summed E-state index contributed by atoms with van der Waals surface area (Å²) in [5.74, 6) is 0.